The average Bonchev–Trinajstić information content (AvgIpc) is 2.83. The third kappa shape index (κ3) is 5.28. The number of benzene rings is 3. The number of halogens is 1. The summed E-state index contributed by atoms with van der Waals surface area (Å²) in [5, 5.41) is 16.6. The van der Waals surface area contributed by atoms with E-state index >= 15 is 0 Å². The number of anilines is 1. The minimum Gasteiger partial charge on any atom is -0.504 e. The number of hydrogen-bond donors (Lipinski definition) is 4. The van der Waals surface area contributed by atoms with Crippen molar-refractivity contribution in [3.05, 3.63) is 98.3 Å². The molecule has 4 rings (SSSR count). The minimum absolute atomic E-state index is 0.120. The SMILES string of the molecule is COc1cc2[nH]c(=O)c(C(=O)Nc3cc(C(=O)NCc4cccc(Cl)c4)ccc3C)cc2cc1O. The van der Waals surface area contributed by atoms with E-state index in [1.54, 1.807) is 43.3 Å². The summed E-state index contributed by atoms with van der Waals surface area (Å²) >= 11 is 5.98. The molecule has 0 atom stereocenters. The summed E-state index contributed by atoms with van der Waals surface area (Å²) in [5.41, 5.74) is 1.97. The summed E-state index contributed by atoms with van der Waals surface area (Å²) < 4.78 is 5.05. The van der Waals surface area contributed by atoms with Crippen molar-refractivity contribution in [3.8, 4) is 11.5 Å². The zero-order valence-corrected chi connectivity index (χ0v) is 19.7. The molecule has 0 saturated heterocycles. The highest BCUT2D eigenvalue weighted by atomic mass is 35.5. The molecule has 1 aromatic heterocycles. The Labute approximate surface area is 205 Å². The highest BCUT2D eigenvalue weighted by Crippen LogP contribution is 2.30. The second-order valence-electron chi connectivity index (χ2n) is 7.92. The molecule has 0 aliphatic carbocycles. The van der Waals surface area contributed by atoms with Gasteiger partial charge in [-0.2, -0.15) is 0 Å². The molecule has 0 bridgehead atoms. The van der Waals surface area contributed by atoms with Crippen molar-refractivity contribution in [3.63, 3.8) is 0 Å². The van der Waals surface area contributed by atoms with Gasteiger partial charge in [0.2, 0.25) is 0 Å². The van der Waals surface area contributed by atoms with Gasteiger partial charge in [-0.05, 0) is 54.4 Å². The first-order valence-electron chi connectivity index (χ1n) is 10.6. The number of H-pyrrole nitrogens is 1. The lowest BCUT2D eigenvalue weighted by atomic mass is 10.1. The van der Waals surface area contributed by atoms with Gasteiger partial charge >= 0.3 is 0 Å². The number of aromatic nitrogens is 1. The molecule has 0 aliphatic rings. The number of phenolic OH excluding ortho intramolecular Hbond substituents is 1. The minimum atomic E-state index is -0.650. The van der Waals surface area contributed by atoms with Crippen LogP contribution in [0.2, 0.25) is 5.02 Å². The molecule has 4 N–H and O–H groups in total. The van der Waals surface area contributed by atoms with Gasteiger partial charge in [-0.15, -0.1) is 0 Å². The van der Waals surface area contributed by atoms with Crippen molar-refractivity contribution < 1.29 is 19.4 Å². The monoisotopic (exact) mass is 491 g/mol. The van der Waals surface area contributed by atoms with Crippen LogP contribution >= 0.6 is 11.6 Å². The lowest BCUT2D eigenvalue weighted by Gasteiger charge is -2.12. The number of aromatic amines is 1. The molecule has 0 radical (unpaired) electrons. The van der Waals surface area contributed by atoms with E-state index in [4.69, 9.17) is 16.3 Å². The van der Waals surface area contributed by atoms with E-state index in [2.05, 4.69) is 15.6 Å². The summed E-state index contributed by atoms with van der Waals surface area (Å²) in [6.45, 7) is 2.07. The quantitative estimate of drug-likeness (QED) is 0.319. The van der Waals surface area contributed by atoms with Crippen LogP contribution in [-0.4, -0.2) is 29.0 Å². The molecule has 3 aromatic carbocycles. The van der Waals surface area contributed by atoms with Gasteiger partial charge in [0, 0.05) is 34.3 Å². The van der Waals surface area contributed by atoms with Gasteiger partial charge in [0.1, 0.15) is 5.56 Å². The third-order valence-corrected chi connectivity index (χ3v) is 5.71. The molecule has 0 aliphatic heterocycles. The molecule has 0 saturated carbocycles. The van der Waals surface area contributed by atoms with E-state index in [0.717, 1.165) is 5.56 Å². The first kappa shape index (κ1) is 23.8. The average molecular weight is 492 g/mol. The standard InChI is InChI=1S/C26H22ClN3O5/c1-14-6-7-16(24(32)28-13-15-4-3-5-18(27)8-15)10-20(14)29-25(33)19-9-17-11-22(31)23(35-2)12-21(17)30-26(19)34/h3-12,31H,13H2,1-2H3,(H,28,32)(H,29,33)(H,30,34). The van der Waals surface area contributed by atoms with E-state index in [9.17, 15) is 19.5 Å². The van der Waals surface area contributed by atoms with Crippen molar-refractivity contribution in [1.29, 1.82) is 0 Å². The molecule has 0 fully saturated rings. The topological polar surface area (TPSA) is 121 Å². The number of hydrogen-bond acceptors (Lipinski definition) is 5. The van der Waals surface area contributed by atoms with Crippen molar-refractivity contribution >= 4 is 40.0 Å². The molecule has 35 heavy (non-hydrogen) atoms. The Balaban J connectivity index is 1.55. The highest BCUT2D eigenvalue weighted by molar-refractivity contribution is 6.30. The molecule has 178 valence electrons. The number of ether oxygens (including phenoxy) is 1. The number of phenols is 1. The zero-order chi connectivity index (χ0) is 25.1. The van der Waals surface area contributed by atoms with Gasteiger partial charge in [-0.3, -0.25) is 14.4 Å². The maximum Gasteiger partial charge on any atom is 0.261 e. The summed E-state index contributed by atoms with van der Waals surface area (Å²) in [6.07, 6.45) is 0. The normalized spacial score (nSPS) is 10.7. The predicted molar refractivity (Wildman–Crippen MR) is 135 cm³/mol. The van der Waals surface area contributed by atoms with Crippen LogP contribution in [0.25, 0.3) is 10.9 Å². The van der Waals surface area contributed by atoms with Crippen molar-refractivity contribution in [2.45, 2.75) is 13.5 Å². The number of amides is 2. The smallest absolute Gasteiger partial charge is 0.261 e. The number of aromatic hydroxyl groups is 1. The third-order valence-electron chi connectivity index (χ3n) is 5.48. The van der Waals surface area contributed by atoms with E-state index in [-0.39, 0.29) is 23.0 Å². The van der Waals surface area contributed by atoms with Crippen LogP contribution in [0.15, 0.2) is 65.5 Å². The number of rotatable bonds is 6. The van der Waals surface area contributed by atoms with E-state index in [1.807, 2.05) is 6.07 Å². The maximum absolute atomic E-state index is 12.9. The Bertz CT molecular complexity index is 1510. The molecular formula is C26H22ClN3O5. The van der Waals surface area contributed by atoms with Crippen LogP contribution in [0.1, 0.15) is 31.8 Å². The Morgan fingerprint density at radius 1 is 1.06 bits per heavy atom. The van der Waals surface area contributed by atoms with Gasteiger partial charge in [0.15, 0.2) is 11.5 Å². The molecule has 4 aromatic rings. The van der Waals surface area contributed by atoms with Gasteiger partial charge in [-0.25, -0.2) is 0 Å². The molecule has 0 unspecified atom stereocenters. The number of methoxy groups -OCH3 is 1. The molecule has 0 spiro atoms. The number of fused-ring (bicyclic) bond motifs is 1. The van der Waals surface area contributed by atoms with Crippen LogP contribution in [0, 0.1) is 6.92 Å². The second-order valence-corrected chi connectivity index (χ2v) is 8.36. The van der Waals surface area contributed by atoms with Gasteiger partial charge in [0.25, 0.3) is 17.4 Å². The molecular weight excluding hydrogens is 470 g/mol. The summed E-state index contributed by atoms with van der Waals surface area (Å²) in [6, 6.07) is 16.3. The van der Waals surface area contributed by atoms with Gasteiger partial charge in [0.05, 0.1) is 12.6 Å². The number of carbonyl (C=O) groups is 2. The largest absolute Gasteiger partial charge is 0.504 e. The van der Waals surface area contributed by atoms with Crippen LogP contribution in [0.5, 0.6) is 11.5 Å². The van der Waals surface area contributed by atoms with Crippen LogP contribution in [0.4, 0.5) is 5.69 Å². The summed E-state index contributed by atoms with van der Waals surface area (Å²) in [4.78, 5) is 40.8. The van der Waals surface area contributed by atoms with Crippen molar-refractivity contribution in [1.82, 2.24) is 10.3 Å². The fraction of sp³-hybridized carbons (Fsp3) is 0.115. The number of nitrogens with one attached hydrogen (secondary N) is 3. The number of pyridine rings is 1. The Morgan fingerprint density at radius 2 is 1.86 bits per heavy atom. The van der Waals surface area contributed by atoms with E-state index in [1.165, 1.54) is 25.3 Å². The van der Waals surface area contributed by atoms with Crippen LogP contribution < -0.4 is 20.9 Å². The van der Waals surface area contributed by atoms with Gasteiger partial charge in [-0.1, -0.05) is 29.8 Å². The van der Waals surface area contributed by atoms with Gasteiger partial charge < -0.3 is 25.5 Å². The highest BCUT2D eigenvalue weighted by Gasteiger charge is 2.16. The van der Waals surface area contributed by atoms with Crippen LogP contribution in [-0.2, 0) is 6.54 Å². The summed E-state index contributed by atoms with van der Waals surface area (Å²) in [7, 11) is 1.40. The van der Waals surface area contributed by atoms with Crippen molar-refractivity contribution in [2.75, 3.05) is 12.4 Å². The molecule has 8 nitrogen and oxygen atoms in total. The fourth-order valence-electron chi connectivity index (χ4n) is 3.57. The van der Waals surface area contributed by atoms with Crippen LogP contribution in [0.3, 0.4) is 0 Å². The molecule has 2 amide bonds. The summed E-state index contributed by atoms with van der Waals surface area (Å²) in [5.74, 6) is -0.895. The fourth-order valence-corrected chi connectivity index (χ4v) is 3.79. The molecule has 9 heteroatoms. The Kier molecular flexibility index (Phi) is 6.75. The second kappa shape index (κ2) is 9.90. The lowest BCUT2D eigenvalue weighted by Crippen LogP contribution is -2.25. The Morgan fingerprint density at radius 3 is 2.60 bits per heavy atom. The zero-order valence-electron chi connectivity index (χ0n) is 18.9. The first-order chi connectivity index (χ1) is 16.7. The van der Waals surface area contributed by atoms with Crippen molar-refractivity contribution in [2.24, 2.45) is 0 Å². The first-order valence-corrected chi connectivity index (χ1v) is 11.0. The number of aryl methyl sites for hydroxylation is 1. The lowest BCUT2D eigenvalue weighted by molar-refractivity contribution is 0.0949. The molecule has 1 heterocycles. The maximum atomic E-state index is 12.9. The van der Waals surface area contributed by atoms with E-state index in [0.29, 0.717) is 39.3 Å². The Hall–Kier alpha value is -4.30. The van der Waals surface area contributed by atoms with E-state index < -0.39 is 11.5 Å². The predicted octanol–water partition coefficient (Wildman–Crippen LogP) is 4.39. The number of carbonyl (C=O) groups excluding carboxylic acids is 2.